The molecule has 0 saturated heterocycles. The van der Waals surface area contributed by atoms with Gasteiger partial charge in [0, 0.05) is 12.3 Å². The van der Waals surface area contributed by atoms with Crippen LogP contribution in [0.4, 0.5) is 27.8 Å². The van der Waals surface area contributed by atoms with E-state index < -0.39 is 29.1 Å². The maximum atomic E-state index is 13.8. The van der Waals surface area contributed by atoms with Gasteiger partial charge in [-0.1, -0.05) is 0 Å². The lowest BCUT2D eigenvalue weighted by Crippen LogP contribution is -2.27. The average molecular weight is 263 g/mol. The second-order valence-corrected chi connectivity index (χ2v) is 3.45. The summed E-state index contributed by atoms with van der Waals surface area (Å²) in [4.78, 5) is 0. The van der Waals surface area contributed by atoms with Crippen molar-refractivity contribution >= 4 is 5.82 Å². The summed E-state index contributed by atoms with van der Waals surface area (Å²) in [7, 11) is 0. The van der Waals surface area contributed by atoms with E-state index in [2.05, 4.69) is 5.10 Å². The topological polar surface area (TPSA) is 43.8 Å². The number of hydrogen-bond acceptors (Lipinski definition) is 2. The van der Waals surface area contributed by atoms with Gasteiger partial charge in [0.25, 0.3) is 0 Å². The second-order valence-electron chi connectivity index (χ2n) is 3.45. The Balaban J connectivity index is 2.57. The first kappa shape index (κ1) is 12.3. The van der Waals surface area contributed by atoms with Crippen LogP contribution < -0.4 is 5.73 Å². The summed E-state index contributed by atoms with van der Waals surface area (Å²) >= 11 is 0. The highest BCUT2D eigenvalue weighted by Gasteiger charge is 2.39. The van der Waals surface area contributed by atoms with Crippen LogP contribution in [0.1, 0.15) is 5.56 Å². The van der Waals surface area contributed by atoms with Crippen molar-refractivity contribution in [2.24, 2.45) is 0 Å². The van der Waals surface area contributed by atoms with Crippen molar-refractivity contribution in [3.05, 3.63) is 47.4 Å². The second kappa shape index (κ2) is 3.97. The Labute approximate surface area is 97.6 Å². The fraction of sp³-hybridized carbons (Fsp3) is 0.100. The summed E-state index contributed by atoms with van der Waals surface area (Å²) in [5.74, 6) is -5.69. The van der Waals surface area contributed by atoms with Gasteiger partial charge in [-0.2, -0.15) is 13.9 Å². The van der Waals surface area contributed by atoms with Crippen LogP contribution in [-0.2, 0) is 6.05 Å². The third kappa shape index (κ3) is 1.79. The molecule has 0 aliphatic carbocycles. The Morgan fingerprint density at radius 3 is 2.28 bits per heavy atom. The van der Waals surface area contributed by atoms with Crippen molar-refractivity contribution in [1.29, 1.82) is 0 Å². The van der Waals surface area contributed by atoms with Crippen LogP contribution in [0.25, 0.3) is 0 Å². The molecule has 18 heavy (non-hydrogen) atoms. The highest BCUT2D eigenvalue weighted by Crippen LogP contribution is 2.33. The van der Waals surface area contributed by atoms with Crippen molar-refractivity contribution < 1.29 is 22.0 Å². The monoisotopic (exact) mass is 263 g/mol. The summed E-state index contributed by atoms with van der Waals surface area (Å²) in [6, 6.07) is -2.05. The molecule has 0 fully saturated rings. The quantitative estimate of drug-likeness (QED) is 0.668. The third-order valence-corrected chi connectivity index (χ3v) is 2.26. The van der Waals surface area contributed by atoms with Gasteiger partial charge >= 0.3 is 6.05 Å². The minimum atomic E-state index is -3.98. The number of anilines is 1. The number of benzene rings is 1. The molecule has 1 aromatic carbocycles. The molecule has 0 radical (unpaired) electrons. The normalized spacial score (nSPS) is 11.8. The van der Waals surface area contributed by atoms with Crippen LogP contribution >= 0.6 is 0 Å². The van der Waals surface area contributed by atoms with E-state index in [0.717, 1.165) is 12.3 Å². The zero-order valence-electron chi connectivity index (χ0n) is 8.67. The van der Waals surface area contributed by atoms with Crippen LogP contribution in [-0.4, -0.2) is 9.78 Å². The van der Waals surface area contributed by atoms with Gasteiger partial charge in [0.2, 0.25) is 0 Å². The maximum absolute atomic E-state index is 13.8. The highest BCUT2D eigenvalue weighted by atomic mass is 19.3. The van der Waals surface area contributed by atoms with Crippen LogP contribution in [0.2, 0.25) is 0 Å². The standard InChI is InChI=1S/C10H6F5N3/c11-6-2-1-5(8(12)9(6)13)10(14,15)18-4-3-7(16)17-18/h1-4H,(H2,16,17). The van der Waals surface area contributed by atoms with E-state index in [1.807, 2.05) is 0 Å². The van der Waals surface area contributed by atoms with Gasteiger partial charge in [0.05, 0.1) is 5.56 Å². The first-order valence-electron chi connectivity index (χ1n) is 4.67. The Morgan fingerprint density at radius 2 is 1.72 bits per heavy atom. The van der Waals surface area contributed by atoms with E-state index in [1.165, 1.54) is 0 Å². The fourth-order valence-corrected chi connectivity index (χ4v) is 1.38. The molecule has 0 aliphatic rings. The first-order valence-corrected chi connectivity index (χ1v) is 4.67. The molecule has 0 amide bonds. The van der Waals surface area contributed by atoms with Crippen molar-refractivity contribution in [1.82, 2.24) is 9.78 Å². The zero-order chi connectivity index (χ0) is 13.5. The molecular formula is C10H6F5N3. The summed E-state index contributed by atoms with van der Waals surface area (Å²) in [5, 5.41) is 3.21. The number of hydrogen-bond donors (Lipinski definition) is 1. The van der Waals surface area contributed by atoms with Gasteiger partial charge < -0.3 is 5.73 Å². The van der Waals surface area contributed by atoms with Crippen molar-refractivity contribution in [3.63, 3.8) is 0 Å². The molecule has 2 aromatic rings. The summed E-state index contributed by atoms with van der Waals surface area (Å²) < 4.78 is 66.5. The molecule has 0 aliphatic heterocycles. The number of rotatable bonds is 2. The predicted octanol–water partition coefficient (Wildman–Crippen LogP) is 2.48. The molecule has 0 spiro atoms. The molecule has 0 bridgehead atoms. The van der Waals surface area contributed by atoms with E-state index >= 15 is 0 Å². The summed E-state index contributed by atoms with van der Waals surface area (Å²) in [5.41, 5.74) is 3.82. The SMILES string of the molecule is Nc1ccn(C(F)(F)c2ccc(F)c(F)c2F)n1. The summed E-state index contributed by atoms with van der Waals surface area (Å²) in [6.07, 6.45) is 0.802. The average Bonchev–Trinajstić information content (AvgIpc) is 2.73. The van der Waals surface area contributed by atoms with Gasteiger partial charge in [0.1, 0.15) is 5.82 Å². The molecule has 2 rings (SSSR count). The molecule has 8 heteroatoms. The summed E-state index contributed by atoms with van der Waals surface area (Å²) in [6.45, 7) is 0. The van der Waals surface area contributed by atoms with E-state index in [0.29, 0.717) is 12.1 Å². The molecular weight excluding hydrogens is 257 g/mol. The van der Waals surface area contributed by atoms with E-state index in [1.54, 1.807) is 0 Å². The number of nitrogen functional groups attached to an aromatic ring is 1. The largest absolute Gasteiger partial charge is 0.382 e. The lowest BCUT2D eigenvalue weighted by Gasteiger charge is -2.17. The van der Waals surface area contributed by atoms with Gasteiger partial charge in [0.15, 0.2) is 17.5 Å². The Kier molecular flexibility index (Phi) is 2.72. The van der Waals surface area contributed by atoms with Crippen LogP contribution in [0.3, 0.4) is 0 Å². The zero-order valence-corrected chi connectivity index (χ0v) is 8.67. The lowest BCUT2D eigenvalue weighted by molar-refractivity contribution is -0.0516. The van der Waals surface area contributed by atoms with Gasteiger partial charge in [-0.3, -0.25) is 0 Å². The van der Waals surface area contributed by atoms with Crippen LogP contribution in [0, 0.1) is 17.5 Å². The number of nitrogens with zero attached hydrogens (tertiary/aromatic N) is 2. The van der Waals surface area contributed by atoms with Gasteiger partial charge in [-0.15, -0.1) is 0 Å². The Bertz CT molecular complexity index is 593. The molecule has 1 aromatic heterocycles. The molecule has 0 saturated carbocycles. The van der Waals surface area contributed by atoms with Crippen molar-refractivity contribution in [2.45, 2.75) is 6.05 Å². The van der Waals surface area contributed by atoms with Crippen molar-refractivity contribution in [3.8, 4) is 0 Å². The van der Waals surface area contributed by atoms with E-state index in [-0.39, 0.29) is 10.5 Å². The Morgan fingerprint density at radius 1 is 1.06 bits per heavy atom. The maximum Gasteiger partial charge on any atom is 0.373 e. The molecule has 96 valence electrons. The predicted molar refractivity (Wildman–Crippen MR) is 52.2 cm³/mol. The number of aromatic nitrogens is 2. The highest BCUT2D eigenvalue weighted by molar-refractivity contribution is 5.28. The van der Waals surface area contributed by atoms with E-state index in [4.69, 9.17) is 5.73 Å². The Hall–Kier alpha value is -2.12. The lowest BCUT2D eigenvalue weighted by atomic mass is 10.1. The molecule has 3 nitrogen and oxygen atoms in total. The molecule has 0 unspecified atom stereocenters. The molecule has 0 atom stereocenters. The van der Waals surface area contributed by atoms with Gasteiger partial charge in [-0.25, -0.2) is 17.9 Å². The van der Waals surface area contributed by atoms with Crippen LogP contribution in [0.15, 0.2) is 24.4 Å². The minimum absolute atomic E-state index is 0.0676. The van der Waals surface area contributed by atoms with E-state index in [9.17, 15) is 22.0 Å². The van der Waals surface area contributed by atoms with Crippen molar-refractivity contribution in [2.75, 3.05) is 5.73 Å². The first-order chi connectivity index (χ1) is 8.34. The smallest absolute Gasteiger partial charge is 0.373 e. The number of alkyl halides is 2. The van der Waals surface area contributed by atoms with Crippen LogP contribution in [0.5, 0.6) is 0 Å². The number of halogens is 5. The molecule has 2 N–H and O–H groups in total. The third-order valence-electron chi connectivity index (χ3n) is 2.26. The number of nitrogens with two attached hydrogens (primary N) is 1. The molecule has 1 heterocycles. The van der Waals surface area contributed by atoms with Gasteiger partial charge in [-0.05, 0) is 12.1 Å². The minimum Gasteiger partial charge on any atom is -0.382 e. The fourth-order valence-electron chi connectivity index (χ4n) is 1.38.